The first-order valence-corrected chi connectivity index (χ1v) is 15.9. The minimum atomic E-state index is -1.13. The number of hydrogen-bond acceptors (Lipinski definition) is 12. The maximum Gasteiger partial charge on any atom is 4.00 e. The van der Waals surface area contributed by atoms with Crippen LogP contribution in [0.15, 0.2) is 121 Å². The van der Waals surface area contributed by atoms with Crippen LogP contribution in [0.25, 0.3) is 43.6 Å². The molecule has 4 heterocycles. The predicted molar refractivity (Wildman–Crippen MR) is 193 cm³/mol. The van der Waals surface area contributed by atoms with Crippen molar-refractivity contribution >= 4 is 67.5 Å². The number of pyridine rings is 4. The molecule has 0 unspecified atom stereocenters. The van der Waals surface area contributed by atoms with Crippen LogP contribution in [0.2, 0.25) is 0 Å². The molecule has 8 rings (SSSR count). The predicted octanol–water partition coefficient (Wildman–Crippen LogP) is 4.02. The van der Waals surface area contributed by atoms with Crippen molar-refractivity contribution in [1.82, 2.24) is 19.9 Å². The third kappa shape index (κ3) is 10.4. The van der Waals surface area contributed by atoms with Crippen LogP contribution in [0.1, 0.15) is 42.0 Å². The Morgan fingerprint density at radius 1 is 0.333 bits per heavy atom. The van der Waals surface area contributed by atoms with Gasteiger partial charge in [0, 0.05) is 0 Å². The van der Waals surface area contributed by atoms with Gasteiger partial charge < -0.3 is 40.9 Å². The molecule has 280 valence electrons. The summed E-state index contributed by atoms with van der Waals surface area (Å²) in [5.41, 5.74) is 0.364. The zero-order valence-electron chi connectivity index (χ0n) is 28.9. The van der Waals surface area contributed by atoms with Gasteiger partial charge in [0.05, 0.1) is 22.1 Å². The number of aromatic nitrogens is 4. The van der Waals surface area contributed by atoms with E-state index in [2.05, 4.69) is 19.9 Å². The third-order valence-corrected chi connectivity index (χ3v) is 7.61. The van der Waals surface area contributed by atoms with Gasteiger partial charge in [0.25, 0.3) is 0 Å². The summed E-state index contributed by atoms with van der Waals surface area (Å²) in [5.74, 6) is -5.55. The first-order chi connectivity index (χ1) is 26.7. The number of para-hydroxylation sites is 4. The number of hydrogen-bond donors (Lipinski definition) is 4. The second-order valence-electron chi connectivity index (χ2n) is 11.3. The molecule has 0 aliphatic heterocycles. The normalized spacial score (nSPS) is 10.1. The number of fused-ring (bicyclic) bond motifs is 4. The maximum absolute atomic E-state index is 11.3. The first-order valence-electron chi connectivity index (χ1n) is 15.9. The van der Waals surface area contributed by atoms with Crippen molar-refractivity contribution in [2.24, 2.45) is 0 Å². The summed E-state index contributed by atoms with van der Waals surface area (Å²) < 4.78 is 0. The second-order valence-corrected chi connectivity index (χ2v) is 11.3. The summed E-state index contributed by atoms with van der Waals surface area (Å²) in [7, 11) is 0. The fourth-order valence-electron chi connectivity index (χ4n) is 4.96. The van der Waals surface area contributed by atoms with Gasteiger partial charge in [0.15, 0.2) is 0 Å². The van der Waals surface area contributed by atoms with Crippen LogP contribution in [0, 0.1) is 0 Å². The van der Waals surface area contributed by atoms with E-state index in [1.807, 2.05) is 0 Å². The van der Waals surface area contributed by atoms with Gasteiger partial charge in [-0.2, -0.15) is 0 Å². The van der Waals surface area contributed by atoms with Gasteiger partial charge in [-0.1, -0.05) is 120 Å². The van der Waals surface area contributed by atoms with E-state index in [9.17, 15) is 39.6 Å². The molecule has 17 heteroatoms. The molecular formula is C40H24N4O12Zr. The van der Waals surface area contributed by atoms with Crippen molar-refractivity contribution in [2.45, 2.75) is 0 Å². The molecule has 0 aliphatic carbocycles. The van der Waals surface area contributed by atoms with Gasteiger partial charge >= 0.3 is 50.1 Å². The van der Waals surface area contributed by atoms with Crippen molar-refractivity contribution in [2.75, 3.05) is 0 Å². The topological polar surface area (TPSA) is 293 Å². The molecule has 16 nitrogen and oxygen atoms in total. The molecule has 0 radical (unpaired) electrons. The number of carbonyl (C=O) groups is 4. The van der Waals surface area contributed by atoms with Gasteiger partial charge in [0.2, 0.25) is 0 Å². The number of carboxylic acids is 4. The molecule has 0 aliphatic rings. The van der Waals surface area contributed by atoms with Crippen LogP contribution in [0.5, 0.6) is 23.0 Å². The summed E-state index contributed by atoms with van der Waals surface area (Å²) in [5, 5.41) is 82.5. The van der Waals surface area contributed by atoms with Gasteiger partial charge in [0.1, 0.15) is 22.8 Å². The van der Waals surface area contributed by atoms with E-state index < -0.39 is 23.9 Å². The largest absolute Gasteiger partial charge is 4.00 e. The minimum absolute atomic E-state index is 0. The molecule has 4 N–H and O–H groups in total. The van der Waals surface area contributed by atoms with E-state index in [-0.39, 0.29) is 94.0 Å². The zero-order chi connectivity index (χ0) is 40.5. The van der Waals surface area contributed by atoms with Crippen molar-refractivity contribution in [1.29, 1.82) is 0 Å². The average molecular weight is 844 g/mol. The zero-order valence-corrected chi connectivity index (χ0v) is 31.3. The van der Waals surface area contributed by atoms with Crippen molar-refractivity contribution < 1.29 is 86.2 Å². The SMILES string of the molecule is O=C(O)c1ccc2cccc([O-])c2n1.O=C(O)c1ccc2cccc([O-])c2n1.O=C(O)c1ccc2cccc([O-])c2n1.O=C(O)c1ccc2cccc([O-])c2n1.[Zr+4]. The Kier molecular flexibility index (Phi) is 13.8. The van der Waals surface area contributed by atoms with E-state index in [4.69, 9.17) is 20.4 Å². The van der Waals surface area contributed by atoms with E-state index in [1.165, 1.54) is 48.5 Å². The van der Waals surface area contributed by atoms with Crippen LogP contribution >= 0.6 is 0 Å². The molecular weight excluding hydrogens is 820 g/mol. The molecule has 0 saturated carbocycles. The Morgan fingerprint density at radius 2 is 0.526 bits per heavy atom. The van der Waals surface area contributed by atoms with Crippen LogP contribution in [-0.2, 0) is 26.2 Å². The van der Waals surface area contributed by atoms with E-state index in [0.717, 1.165) is 0 Å². The Morgan fingerprint density at radius 3 is 0.702 bits per heavy atom. The van der Waals surface area contributed by atoms with E-state index in [0.29, 0.717) is 21.5 Å². The minimum Gasteiger partial charge on any atom is -0.871 e. The summed E-state index contributed by atoms with van der Waals surface area (Å²) in [6.45, 7) is 0. The van der Waals surface area contributed by atoms with E-state index >= 15 is 0 Å². The number of nitrogens with zero attached hydrogens (tertiary/aromatic N) is 4. The molecule has 0 amide bonds. The molecule has 0 bridgehead atoms. The molecule has 0 atom stereocenters. The second kappa shape index (κ2) is 18.7. The van der Waals surface area contributed by atoms with E-state index in [1.54, 1.807) is 72.8 Å². The van der Waals surface area contributed by atoms with Crippen LogP contribution in [-0.4, -0.2) is 64.2 Å². The third-order valence-electron chi connectivity index (χ3n) is 7.61. The summed E-state index contributed by atoms with van der Waals surface area (Å²) in [4.78, 5) is 57.4. The maximum atomic E-state index is 11.3. The van der Waals surface area contributed by atoms with Crippen molar-refractivity contribution in [3.05, 3.63) is 144 Å². The van der Waals surface area contributed by atoms with Gasteiger partial charge in [-0.3, -0.25) is 0 Å². The number of aromatic carboxylic acids is 4. The summed E-state index contributed by atoms with van der Waals surface area (Å²) >= 11 is 0. The Labute approximate surface area is 339 Å². The standard InChI is InChI=1S/4C10H7NO3.Zr/c4*12-8-3-1-2-6-4-5-7(10(13)14)11-9(6)8;/h4*1-5,12H,(H,13,14);/q;;;;+4/p-4. The molecule has 0 fully saturated rings. The quantitative estimate of drug-likeness (QED) is 0.194. The Hall–Kier alpha value is -7.52. The van der Waals surface area contributed by atoms with Gasteiger partial charge in [-0.15, -0.1) is 0 Å². The molecule has 4 aromatic heterocycles. The number of carboxylic acid groups (broad SMARTS) is 4. The molecule has 57 heavy (non-hydrogen) atoms. The molecule has 4 aromatic carbocycles. The van der Waals surface area contributed by atoms with Crippen LogP contribution in [0.4, 0.5) is 0 Å². The first kappa shape index (κ1) is 42.2. The Bertz CT molecular complexity index is 2420. The monoisotopic (exact) mass is 842 g/mol. The van der Waals surface area contributed by atoms with Crippen LogP contribution in [0.3, 0.4) is 0 Å². The van der Waals surface area contributed by atoms with Crippen molar-refractivity contribution in [3.8, 4) is 23.0 Å². The molecule has 0 saturated heterocycles. The molecule has 8 aromatic rings. The smallest absolute Gasteiger partial charge is 0.871 e. The summed E-state index contributed by atoms with van der Waals surface area (Å²) in [6, 6.07) is 30.6. The van der Waals surface area contributed by atoms with Gasteiger partial charge in [-0.05, 0) is 45.8 Å². The Balaban J connectivity index is 0.000000167. The number of rotatable bonds is 4. The van der Waals surface area contributed by atoms with Gasteiger partial charge in [-0.25, -0.2) is 39.1 Å². The number of benzene rings is 4. The molecule has 0 spiro atoms. The average Bonchev–Trinajstić information content (AvgIpc) is 3.19. The van der Waals surface area contributed by atoms with Crippen LogP contribution < -0.4 is 20.4 Å². The fraction of sp³-hybridized carbons (Fsp3) is 0. The van der Waals surface area contributed by atoms with Crippen molar-refractivity contribution in [3.63, 3.8) is 0 Å². The summed E-state index contributed by atoms with van der Waals surface area (Å²) in [6.07, 6.45) is 0. The fourth-order valence-corrected chi connectivity index (χ4v) is 4.96.